The third kappa shape index (κ3) is 3.58. The molecule has 0 N–H and O–H groups in total. The van der Waals surface area contributed by atoms with Crippen molar-refractivity contribution in [1.29, 1.82) is 5.26 Å². The first kappa shape index (κ1) is 15.0. The maximum Gasteiger partial charge on any atom is 0.293 e. The van der Waals surface area contributed by atoms with Gasteiger partial charge in [-0.3, -0.25) is 10.1 Å². The zero-order chi connectivity index (χ0) is 15.4. The Bertz CT molecular complexity index is 597. The number of hydrogen-bond acceptors (Lipinski definition) is 5. The van der Waals surface area contributed by atoms with Crippen LogP contribution in [-0.2, 0) is 4.74 Å². The maximum absolute atomic E-state index is 11.3. The summed E-state index contributed by atoms with van der Waals surface area (Å²) in [6, 6.07) is 6.89. The van der Waals surface area contributed by atoms with E-state index in [2.05, 4.69) is 0 Å². The molecular weight excluding hydrogens is 270 g/mol. The Labute approximate surface area is 123 Å². The van der Waals surface area contributed by atoms with Crippen molar-refractivity contribution < 1.29 is 9.66 Å². The average molecular weight is 287 g/mol. The Morgan fingerprint density at radius 1 is 1.43 bits per heavy atom. The van der Waals surface area contributed by atoms with Gasteiger partial charge in [-0.25, -0.2) is 0 Å². The number of nitro benzene ring substituents is 1. The van der Waals surface area contributed by atoms with E-state index in [1.165, 1.54) is 12.1 Å². The van der Waals surface area contributed by atoms with Gasteiger partial charge in [0.15, 0.2) is 0 Å². The second-order valence-electron chi connectivity index (χ2n) is 5.13. The van der Waals surface area contributed by atoms with Gasteiger partial charge >= 0.3 is 0 Å². The first-order valence-corrected chi connectivity index (χ1v) is 6.76. The van der Waals surface area contributed by atoms with Crippen LogP contribution in [0.3, 0.4) is 0 Å². The van der Waals surface area contributed by atoms with Crippen LogP contribution in [0.4, 0.5) is 11.4 Å². The van der Waals surface area contributed by atoms with Crippen molar-refractivity contribution in [3.63, 3.8) is 0 Å². The number of nitro groups is 1. The van der Waals surface area contributed by atoms with Crippen LogP contribution < -0.4 is 4.90 Å². The molecule has 0 saturated carbocycles. The molecule has 0 amide bonds. The number of benzene rings is 1. The number of hydrogen-bond donors (Lipinski definition) is 0. The largest absolute Gasteiger partial charge is 0.372 e. The molecule has 1 heterocycles. The molecular formula is C15H17N3O3. The molecule has 6 heteroatoms. The van der Waals surface area contributed by atoms with Gasteiger partial charge in [0, 0.05) is 25.2 Å². The molecule has 1 aliphatic heterocycles. The summed E-state index contributed by atoms with van der Waals surface area (Å²) in [5.74, 6) is 0. The Kier molecular flexibility index (Phi) is 4.55. The molecule has 110 valence electrons. The molecule has 2 rings (SSSR count). The van der Waals surface area contributed by atoms with Gasteiger partial charge in [0.05, 0.1) is 23.2 Å². The zero-order valence-corrected chi connectivity index (χ0v) is 12.0. The predicted molar refractivity (Wildman–Crippen MR) is 80.0 cm³/mol. The Hall–Kier alpha value is -2.39. The molecule has 1 aromatic rings. The van der Waals surface area contributed by atoms with Gasteiger partial charge in [0.25, 0.3) is 5.69 Å². The maximum atomic E-state index is 11.3. The minimum Gasteiger partial charge on any atom is -0.372 e. The Balaban J connectivity index is 2.36. The molecule has 2 atom stereocenters. The minimum atomic E-state index is -0.385. The highest BCUT2D eigenvalue weighted by Crippen LogP contribution is 2.31. The summed E-state index contributed by atoms with van der Waals surface area (Å²) in [5, 5.41) is 19.8. The van der Waals surface area contributed by atoms with Crippen LogP contribution in [0.1, 0.15) is 19.4 Å². The van der Waals surface area contributed by atoms with E-state index in [9.17, 15) is 10.1 Å². The predicted octanol–water partition coefficient (Wildman–Crippen LogP) is 2.75. The molecule has 0 aromatic heterocycles. The second-order valence-corrected chi connectivity index (χ2v) is 5.13. The van der Waals surface area contributed by atoms with Gasteiger partial charge in [0.1, 0.15) is 5.69 Å². The van der Waals surface area contributed by atoms with Crippen molar-refractivity contribution in [1.82, 2.24) is 0 Å². The summed E-state index contributed by atoms with van der Waals surface area (Å²) in [6.45, 7) is 5.16. The van der Waals surface area contributed by atoms with Crippen molar-refractivity contribution in [2.24, 2.45) is 0 Å². The van der Waals surface area contributed by atoms with Crippen molar-refractivity contribution >= 4 is 17.5 Å². The number of morpholine rings is 1. The first-order valence-electron chi connectivity index (χ1n) is 6.76. The van der Waals surface area contributed by atoms with Crippen molar-refractivity contribution in [2.45, 2.75) is 26.1 Å². The highest BCUT2D eigenvalue weighted by atomic mass is 16.6. The van der Waals surface area contributed by atoms with E-state index in [4.69, 9.17) is 10.00 Å². The lowest BCUT2D eigenvalue weighted by Gasteiger charge is -2.36. The fourth-order valence-electron chi connectivity index (χ4n) is 2.57. The number of anilines is 1. The van der Waals surface area contributed by atoms with E-state index in [1.54, 1.807) is 18.2 Å². The lowest BCUT2D eigenvalue weighted by Crippen LogP contribution is -2.45. The lowest BCUT2D eigenvalue weighted by molar-refractivity contribution is -0.384. The highest BCUT2D eigenvalue weighted by molar-refractivity contribution is 5.69. The molecule has 0 spiro atoms. The van der Waals surface area contributed by atoms with Crippen molar-refractivity contribution in [3.8, 4) is 6.07 Å². The first-order chi connectivity index (χ1) is 10.0. The lowest BCUT2D eigenvalue weighted by atomic mass is 10.1. The zero-order valence-electron chi connectivity index (χ0n) is 12.0. The Morgan fingerprint density at radius 3 is 2.67 bits per heavy atom. The van der Waals surface area contributed by atoms with Crippen LogP contribution in [0, 0.1) is 21.4 Å². The number of ether oxygens (including phenoxy) is 1. The van der Waals surface area contributed by atoms with Gasteiger partial charge < -0.3 is 9.64 Å². The van der Waals surface area contributed by atoms with Crippen LogP contribution in [0.2, 0.25) is 0 Å². The summed E-state index contributed by atoms with van der Waals surface area (Å²) < 4.78 is 5.66. The van der Waals surface area contributed by atoms with Gasteiger partial charge in [-0.2, -0.15) is 5.26 Å². The number of allylic oxidation sites excluding steroid dienone is 1. The molecule has 1 aliphatic rings. The number of nitriles is 1. The number of nitrogens with zero attached hydrogens (tertiary/aromatic N) is 3. The Morgan fingerprint density at radius 2 is 2.10 bits per heavy atom. The van der Waals surface area contributed by atoms with E-state index in [1.807, 2.05) is 24.8 Å². The van der Waals surface area contributed by atoms with Crippen LogP contribution >= 0.6 is 0 Å². The van der Waals surface area contributed by atoms with Crippen molar-refractivity contribution in [2.75, 3.05) is 18.0 Å². The molecule has 6 nitrogen and oxygen atoms in total. The molecule has 0 bridgehead atoms. The third-order valence-corrected chi connectivity index (χ3v) is 3.31. The second kappa shape index (κ2) is 6.37. The third-order valence-electron chi connectivity index (χ3n) is 3.31. The SMILES string of the molecule is CC1CN(c2ccc(C=CC#N)cc2[N+](=O)[O-])CC(C)O1. The summed E-state index contributed by atoms with van der Waals surface area (Å²) >= 11 is 0. The van der Waals surface area contributed by atoms with Gasteiger partial charge in [-0.15, -0.1) is 0 Å². The minimum absolute atomic E-state index is 0.0338. The summed E-state index contributed by atoms with van der Waals surface area (Å²) in [5.41, 5.74) is 1.29. The van der Waals surface area contributed by atoms with Crippen LogP contribution in [-0.4, -0.2) is 30.2 Å². The molecule has 0 aliphatic carbocycles. The van der Waals surface area contributed by atoms with E-state index in [0.29, 0.717) is 24.3 Å². The van der Waals surface area contributed by atoms with E-state index in [-0.39, 0.29) is 22.8 Å². The summed E-state index contributed by atoms with van der Waals surface area (Å²) in [6.07, 6.45) is 2.93. The van der Waals surface area contributed by atoms with Crippen LogP contribution in [0.15, 0.2) is 24.3 Å². The topological polar surface area (TPSA) is 79.4 Å². The smallest absolute Gasteiger partial charge is 0.293 e. The molecule has 1 fully saturated rings. The fraction of sp³-hybridized carbons (Fsp3) is 0.400. The molecule has 1 aromatic carbocycles. The van der Waals surface area contributed by atoms with E-state index < -0.39 is 0 Å². The summed E-state index contributed by atoms with van der Waals surface area (Å²) in [4.78, 5) is 12.9. The molecule has 21 heavy (non-hydrogen) atoms. The quantitative estimate of drug-likeness (QED) is 0.485. The van der Waals surface area contributed by atoms with E-state index >= 15 is 0 Å². The monoisotopic (exact) mass is 287 g/mol. The summed E-state index contributed by atoms with van der Waals surface area (Å²) in [7, 11) is 0. The molecule has 2 unspecified atom stereocenters. The normalized spacial score (nSPS) is 22.2. The molecule has 1 saturated heterocycles. The van der Waals surface area contributed by atoms with Gasteiger partial charge in [-0.1, -0.05) is 6.07 Å². The fourth-order valence-corrected chi connectivity index (χ4v) is 2.57. The number of rotatable bonds is 3. The van der Waals surface area contributed by atoms with Gasteiger partial charge in [-0.05, 0) is 31.6 Å². The van der Waals surface area contributed by atoms with E-state index in [0.717, 1.165) is 0 Å². The average Bonchev–Trinajstić information content (AvgIpc) is 2.43. The highest BCUT2D eigenvalue weighted by Gasteiger charge is 2.27. The van der Waals surface area contributed by atoms with Crippen LogP contribution in [0.5, 0.6) is 0 Å². The standard InChI is InChI=1S/C15H17N3O3/c1-11-9-17(10-12(2)21-11)14-6-5-13(4-3-7-16)8-15(14)18(19)20/h3-6,8,11-12H,9-10H2,1-2H3. The molecule has 0 radical (unpaired) electrons. The van der Waals surface area contributed by atoms with Gasteiger partial charge in [0.2, 0.25) is 0 Å². The van der Waals surface area contributed by atoms with Crippen molar-refractivity contribution in [3.05, 3.63) is 40.0 Å². The van der Waals surface area contributed by atoms with Crippen LogP contribution in [0.25, 0.3) is 6.08 Å².